The van der Waals surface area contributed by atoms with E-state index in [0.717, 1.165) is 6.42 Å². The molecule has 0 aromatic heterocycles. The Kier molecular flexibility index (Phi) is 2.49. The van der Waals surface area contributed by atoms with Gasteiger partial charge in [0.05, 0.1) is 0 Å². The molecular weight excluding hydrogens is 114 g/mol. The van der Waals surface area contributed by atoms with E-state index in [4.69, 9.17) is 5.11 Å². The summed E-state index contributed by atoms with van der Waals surface area (Å²) >= 11 is 0. The number of rotatable bonds is 3. The Morgan fingerprint density at radius 1 is 1.67 bits per heavy atom. The van der Waals surface area contributed by atoms with Gasteiger partial charge in [0.25, 0.3) is 0 Å². The van der Waals surface area contributed by atoms with Crippen LogP contribution in [0.15, 0.2) is 0 Å². The van der Waals surface area contributed by atoms with Gasteiger partial charge in [0.2, 0.25) is 0 Å². The predicted molar refractivity (Wildman–Crippen MR) is 37.1 cm³/mol. The number of nitrogens with one attached hydrogen (secondary N) is 1. The van der Waals surface area contributed by atoms with Crippen LogP contribution in [0.1, 0.15) is 32.6 Å². The maximum Gasteiger partial charge on any atom is 0.104 e. The van der Waals surface area contributed by atoms with Crippen molar-refractivity contribution < 1.29 is 5.11 Å². The second-order valence-corrected chi connectivity index (χ2v) is 2.72. The molecule has 1 saturated carbocycles. The molecule has 9 heavy (non-hydrogen) atoms. The third kappa shape index (κ3) is 1.95. The monoisotopic (exact) mass is 129 g/mol. The quantitative estimate of drug-likeness (QED) is 0.554. The molecule has 0 aromatic rings. The van der Waals surface area contributed by atoms with Crippen molar-refractivity contribution in [3.05, 3.63) is 0 Å². The molecular formula is C7H15NO. The molecule has 1 aliphatic rings. The van der Waals surface area contributed by atoms with Crippen LogP contribution in [-0.4, -0.2) is 17.4 Å². The van der Waals surface area contributed by atoms with Gasteiger partial charge in [-0.25, -0.2) is 0 Å². The zero-order chi connectivity index (χ0) is 6.69. The number of hydrogen-bond donors (Lipinski definition) is 2. The highest BCUT2D eigenvalue weighted by Gasteiger charge is 2.18. The van der Waals surface area contributed by atoms with Gasteiger partial charge < -0.3 is 5.11 Å². The molecule has 0 aromatic carbocycles. The Morgan fingerprint density at radius 2 is 2.33 bits per heavy atom. The van der Waals surface area contributed by atoms with Crippen molar-refractivity contribution >= 4 is 0 Å². The van der Waals surface area contributed by atoms with Crippen molar-refractivity contribution in [3.63, 3.8) is 0 Å². The van der Waals surface area contributed by atoms with E-state index in [2.05, 4.69) is 5.32 Å². The van der Waals surface area contributed by atoms with Crippen LogP contribution in [0.2, 0.25) is 0 Å². The van der Waals surface area contributed by atoms with Crippen molar-refractivity contribution in [2.45, 2.75) is 44.9 Å². The predicted octanol–water partition coefficient (Wildman–Crippen LogP) is 0.857. The molecule has 1 aliphatic carbocycles. The Balaban J connectivity index is 2.01. The first kappa shape index (κ1) is 7.03. The minimum Gasteiger partial charge on any atom is -0.379 e. The summed E-state index contributed by atoms with van der Waals surface area (Å²) in [6, 6.07) is 0.611. The van der Waals surface area contributed by atoms with Gasteiger partial charge >= 0.3 is 0 Å². The largest absolute Gasteiger partial charge is 0.379 e. The van der Waals surface area contributed by atoms with E-state index in [9.17, 15) is 0 Å². The van der Waals surface area contributed by atoms with Crippen LogP contribution in [0, 0.1) is 0 Å². The first-order chi connectivity index (χ1) is 4.33. The van der Waals surface area contributed by atoms with Crippen molar-refractivity contribution in [3.8, 4) is 0 Å². The fourth-order valence-electron chi connectivity index (χ4n) is 0.965. The molecule has 1 atom stereocenters. The Bertz CT molecular complexity index is 78.2. The van der Waals surface area contributed by atoms with Crippen LogP contribution in [0.5, 0.6) is 0 Å². The highest BCUT2D eigenvalue weighted by atomic mass is 16.3. The summed E-state index contributed by atoms with van der Waals surface area (Å²) < 4.78 is 0. The topological polar surface area (TPSA) is 32.3 Å². The van der Waals surface area contributed by atoms with Crippen molar-refractivity contribution in [2.24, 2.45) is 0 Å². The maximum absolute atomic E-state index is 9.08. The van der Waals surface area contributed by atoms with Gasteiger partial charge in [0.15, 0.2) is 0 Å². The lowest BCUT2D eigenvalue weighted by molar-refractivity contribution is 0.101. The zero-order valence-electron chi connectivity index (χ0n) is 5.93. The molecule has 0 spiro atoms. The van der Waals surface area contributed by atoms with E-state index >= 15 is 0 Å². The van der Waals surface area contributed by atoms with E-state index in [1.807, 2.05) is 6.92 Å². The van der Waals surface area contributed by atoms with Gasteiger partial charge in [-0.2, -0.15) is 0 Å². The van der Waals surface area contributed by atoms with Gasteiger partial charge in [0.1, 0.15) is 6.23 Å². The number of aliphatic hydroxyl groups is 1. The average Bonchev–Trinajstić information content (AvgIpc) is 1.78. The molecule has 0 bridgehead atoms. The molecule has 0 amide bonds. The van der Waals surface area contributed by atoms with Crippen molar-refractivity contribution in [1.29, 1.82) is 0 Å². The van der Waals surface area contributed by atoms with E-state index in [1.165, 1.54) is 19.3 Å². The van der Waals surface area contributed by atoms with Crippen LogP contribution >= 0.6 is 0 Å². The lowest BCUT2D eigenvalue weighted by Crippen LogP contribution is -2.41. The third-order valence-electron chi connectivity index (χ3n) is 1.92. The van der Waals surface area contributed by atoms with Crippen molar-refractivity contribution in [2.75, 3.05) is 0 Å². The SMILES string of the molecule is CCC(O)NC1CCC1. The van der Waals surface area contributed by atoms with Gasteiger partial charge in [-0.15, -0.1) is 0 Å². The summed E-state index contributed by atoms with van der Waals surface area (Å²) in [5.74, 6) is 0. The Hall–Kier alpha value is -0.0800. The minimum absolute atomic E-state index is 0.268. The second kappa shape index (κ2) is 3.18. The van der Waals surface area contributed by atoms with Crippen molar-refractivity contribution in [1.82, 2.24) is 5.32 Å². The molecule has 2 N–H and O–H groups in total. The fourth-order valence-corrected chi connectivity index (χ4v) is 0.965. The van der Waals surface area contributed by atoms with Crippen LogP contribution in [-0.2, 0) is 0 Å². The second-order valence-electron chi connectivity index (χ2n) is 2.72. The molecule has 0 radical (unpaired) electrons. The molecule has 0 heterocycles. The summed E-state index contributed by atoms with van der Waals surface area (Å²) in [5, 5.41) is 12.2. The molecule has 2 nitrogen and oxygen atoms in total. The molecule has 54 valence electrons. The standard InChI is InChI=1S/C7H15NO/c1-2-7(9)8-6-4-3-5-6/h6-9H,2-5H2,1H3. The normalized spacial score (nSPS) is 23.3. The lowest BCUT2D eigenvalue weighted by atomic mass is 9.93. The summed E-state index contributed by atoms with van der Waals surface area (Å²) in [6.07, 6.45) is 4.37. The molecule has 1 fully saturated rings. The summed E-state index contributed by atoms with van der Waals surface area (Å²) in [4.78, 5) is 0. The summed E-state index contributed by atoms with van der Waals surface area (Å²) in [6.45, 7) is 1.98. The van der Waals surface area contributed by atoms with Crippen LogP contribution in [0.3, 0.4) is 0 Å². The van der Waals surface area contributed by atoms with E-state index in [0.29, 0.717) is 6.04 Å². The Morgan fingerprint density at radius 3 is 2.67 bits per heavy atom. The van der Waals surface area contributed by atoms with E-state index in [1.54, 1.807) is 0 Å². The molecule has 1 rings (SSSR count). The minimum atomic E-state index is -0.268. The third-order valence-corrected chi connectivity index (χ3v) is 1.92. The molecule has 0 aliphatic heterocycles. The average molecular weight is 129 g/mol. The van der Waals surface area contributed by atoms with Crippen LogP contribution < -0.4 is 5.32 Å². The first-order valence-electron chi connectivity index (χ1n) is 3.77. The Labute approximate surface area is 56.3 Å². The molecule has 1 unspecified atom stereocenters. The summed E-state index contributed by atoms with van der Waals surface area (Å²) in [5.41, 5.74) is 0. The van der Waals surface area contributed by atoms with Gasteiger partial charge in [-0.1, -0.05) is 13.3 Å². The molecule has 2 heteroatoms. The van der Waals surface area contributed by atoms with E-state index in [-0.39, 0.29) is 6.23 Å². The van der Waals surface area contributed by atoms with Crippen LogP contribution in [0.4, 0.5) is 0 Å². The van der Waals surface area contributed by atoms with Gasteiger partial charge in [-0.3, -0.25) is 5.32 Å². The smallest absolute Gasteiger partial charge is 0.104 e. The highest BCUT2D eigenvalue weighted by Crippen LogP contribution is 2.18. The first-order valence-corrected chi connectivity index (χ1v) is 3.77. The molecule has 0 saturated heterocycles. The highest BCUT2D eigenvalue weighted by molar-refractivity contribution is 4.76. The lowest BCUT2D eigenvalue weighted by Gasteiger charge is -2.28. The van der Waals surface area contributed by atoms with Crippen LogP contribution in [0.25, 0.3) is 0 Å². The number of aliphatic hydroxyl groups excluding tert-OH is 1. The summed E-state index contributed by atoms with van der Waals surface area (Å²) in [7, 11) is 0. The number of hydrogen-bond acceptors (Lipinski definition) is 2. The van der Waals surface area contributed by atoms with Gasteiger partial charge in [0, 0.05) is 6.04 Å². The van der Waals surface area contributed by atoms with E-state index < -0.39 is 0 Å². The maximum atomic E-state index is 9.08. The fraction of sp³-hybridized carbons (Fsp3) is 1.00. The van der Waals surface area contributed by atoms with Gasteiger partial charge in [-0.05, 0) is 19.3 Å². The zero-order valence-corrected chi connectivity index (χ0v) is 5.93.